The minimum atomic E-state index is -0.407. The van der Waals surface area contributed by atoms with Gasteiger partial charge in [-0.2, -0.15) is 0 Å². The Hall–Kier alpha value is -2.18. The molecule has 1 aromatic carbocycles. The lowest BCUT2D eigenvalue weighted by molar-refractivity contribution is -0.142. The van der Waals surface area contributed by atoms with Gasteiger partial charge >= 0.3 is 5.97 Å². The summed E-state index contributed by atoms with van der Waals surface area (Å²) in [6.45, 7) is 7.71. The smallest absolute Gasteiger partial charge is 0.312 e. The second-order valence-corrected chi connectivity index (χ2v) is 7.15. The number of carbonyl (C=O) groups excluding carboxylic acids is 2. The summed E-state index contributed by atoms with van der Waals surface area (Å²) in [5.74, 6) is 1.58. The molecule has 0 spiro atoms. The number of esters is 1. The Morgan fingerprint density at radius 1 is 1.18 bits per heavy atom. The van der Waals surface area contributed by atoms with Crippen molar-refractivity contribution < 1.29 is 14.3 Å². The lowest BCUT2D eigenvalue weighted by Crippen LogP contribution is -2.57. The standard InChI is InChI=1S/C21H30N4O3/c1-2-28-21(27)16-20(17-26)25(19-6-4-3-5-7-19)24-14-12-23(13-15-24)18-8-10-22-11-9-18/h3-7,18,22H,2,8-16H2,1H3. The van der Waals surface area contributed by atoms with Crippen LogP contribution in [0.25, 0.3) is 0 Å². The molecule has 1 aromatic rings. The molecule has 7 nitrogen and oxygen atoms in total. The Kier molecular flexibility index (Phi) is 7.62. The molecule has 28 heavy (non-hydrogen) atoms. The molecule has 0 radical (unpaired) electrons. The van der Waals surface area contributed by atoms with Crippen LogP contribution >= 0.6 is 0 Å². The summed E-state index contributed by atoms with van der Waals surface area (Å²) < 4.78 is 5.05. The molecule has 2 heterocycles. The number of hydrogen-bond acceptors (Lipinski definition) is 7. The van der Waals surface area contributed by atoms with Crippen LogP contribution in [0.1, 0.15) is 26.2 Å². The largest absolute Gasteiger partial charge is 0.466 e. The molecular weight excluding hydrogens is 356 g/mol. The molecule has 1 N–H and O–H groups in total. The summed E-state index contributed by atoms with van der Waals surface area (Å²) in [4.78, 5) is 26.3. The van der Waals surface area contributed by atoms with E-state index in [1.807, 2.05) is 41.3 Å². The third-order valence-electron chi connectivity index (χ3n) is 5.39. The highest BCUT2D eigenvalue weighted by Gasteiger charge is 2.30. The fourth-order valence-electron chi connectivity index (χ4n) is 4.01. The van der Waals surface area contributed by atoms with Crippen molar-refractivity contribution in [2.45, 2.75) is 32.2 Å². The van der Waals surface area contributed by atoms with Gasteiger partial charge in [0.25, 0.3) is 0 Å². The Morgan fingerprint density at radius 3 is 2.46 bits per heavy atom. The van der Waals surface area contributed by atoms with Crippen molar-refractivity contribution in [2.75, 3.05) is 50.9 Å². The predicted molar refractivity (Wildman–Crippen MR) is 108 cm³/mol. The van der Waals surface area contributed by atoms with Crippen LogP contribution < -0.4 is 10.3 Å². The number of hydrogen-bond donors (Lipinski definition) is 1. The van der Waals surface area contributed by atoms with Crippen molar-refractivity contribution in [2.24, 2.45) is 0 Å². The van der Waals surface area contributed by atoms with Gasteiger partial charge in [0.15, 0.2) is 0 Å². The number of piperazine rings is 1. The highest BCUT2D eigenvalue weighted by Crippen LogP contribution is 2.24. The number of para-hydroxylation sites is 1. The third kappa shape index (κ3) is 5.20. The number of nitrogens with zero attached hydrogens (tertiary/aromatic N) is 3. The predicted octanol–water partition coefficient (Wildman–Crippen LogP) is 1.45. The van der Waals surface area contributed by atoms with Gasteiger partial charge in [0.05, 0.1) is 18.7 Å². The van der Waals surface area contributed by atoms with E-state index in [1.165, 1.54) is 12.8 Å². The van der Waals surface area contributed by atoms with E-state index in [0.717, 1.165) is 45.0 Å². The van der Waals surface area contributed by atoms with E-state index >= 15 is 0 Å². The van der Waals surface area contributed by atoms with E-state index in [0.29, 0.717) is 18.3 Å². The van der Waals surface area contributed by atoms with Crippen LogP contribution in [0, 0.1) is 0 Å². The molecule has 2 saturated heterocycles. The molecule has 0 aliphatic carbocycles. The SMILES string of the molecule is CCOC(=O)CC(=C=O)N(c1ccccc1)N1CCN(C2CCNCC2)CC1. The summed E-state index contributed by atoms with van der Waals surface area (Å²) in [7, 11) is 0. The fraction of sp³-hybridized carbons (Fsp3) is 0.571. The van der Waals surface area contributed by atoms with E-state index < -0.39 is 5.97 Å². The van der Waals surface area contributed by atoms with Crippen LogP contribution in [0.5, 0.6) is 0 Å². The summed E-state index contributed by atoms with van der Waals surface area (Å²) >= 11 is 0. The maximum atomic E-state index is 12.0. The minimum absolute atomic E-state index is 0.0826. The van der Waals surface area contributed by atoms with Gasteiger partial charge in [0.1, 0.15) is 11.6 Å². The molecule has 7 heteroatoms. The lowest BCUT2D eigenvalue weighted by Gasteiger charge is -2.45. The van der Waals surface area contributed by atoms with Gasteiger partial charge < -0.3 is 10.1 Å². The molecule has 3 rings (SSSR count). The maximum absolute atomic E-state index is 12.0. The normalized spacial score (nSPS) is 19.0. The maximum Gasteiger partial charge on any atom is 0.312 e. The van der Waals surface area contributed by atoms with Gasteiger partial charge in [-0.3, -0.25) is 14.7 Å². The summed E-state index contributed by atoms with van der Waals surface area (Å²) in [6, 6.07) is 10.3. The molecule has 152 valence electrons. The first kappa shape index (κ1) is 20.6. The topological polar surface area (TPSA) is 65.1 Å². The van der Waals surface area contributed by atoms with Crippen molar-refractivity contribution in [1.29, 1.82) is 0 Å². The third-order valence-corrected chi connectivity index (χ3v) is 5.39. The Labute approximate surface area is 166 Å². The van der Waals surface area contributed by atoms with Crippen LogP contribution in [0.15, 0.2) is 36.0 Å². The van der Waals surface area contributed by atoms with Crippen molar-refractivity contribution in [3.63, 3.8) is 0 Å². The number of ether oxygens (including phenoxy) is 1. The quantitative estimate of drug-likeness (QED) is 0.562. The number of carbonyl (C=O) groups is 1. The van der Waals surface area contributed by atoms with Crippen molar-refractivity contribution in [1.82, 2.24) is 15.2 Å². The molecule has 0 saturated carbocycles. The Bertz CT molecular complexity index is 676. The number of nitrogens with one attached hydrogen (secondary N) is 1. The molecule has 0 unspecified atom stereocenters. The van der Waals surface area contributed by atoms with Gasteiger partial charge in [-0.15, -0.1) is 0 Å². The Morgan fingerprint density at radius 2 is 1.86 bits per heavy atom. The molecule has 2 fully saturated rings. The van der Waals surface area contributed by atoms with Crippen LogP contribution in [0.3, 0.4) is 0 Å². The van der Waals surface area contributed by atoms with Crippen LogP contribution in [-0.2, 0) is 14.3 Å². The summed E-state index contributed by atoms with van der Waals surface area (Å²) in [5, 5.41) is 7.41. The first-order valence-corrected chi connectivity index (χ1v) is 10.2. The van der Waals surface area contributed by atoms with E-state index in [9.17, 15) is 9.59 Å². The average molecular weight is 386 g/mol. The monoisotopic (exact) mass is 386 g/mol. The van der Waals surface area contributed by atoms with E-state index in [1.54, 1.807) is 6.92 Å². The Balaban J connectivity index is 1.72. The van der Waals surface area contributed by atoms with E-state index in [2.05, 4.69) is 15.2 Å². The van der Waals surface area contributed by atoms with Crippen molar-refractivity contribution in [3.8, 4) is 0 Å². The van der Waals surface area contributed by atoms with E-state index in [4.69, 9.17) is 4.74 Å². The average Bonchev–Trinajstić information content (AvgIpc) is 2.75. The van der Waals surface area contributed by atoms with Crippen molar-refractivity contribution >= 4 is 17.6 Å². The van der Waals surface area contributed by atoms with Gasteiger partial charge in [-0.05, 0) is 45.0 Å². The zero-order chi connectivity index (χ0) is 19.8. The molecule has 2 aliphatic rings. The zero-order valence-corrected chi connectivity index (χ0v) is 16.6. The number of benzene rings is 1. The fourth-order valence-corrected chi connectivity index (χ4v) is 4.01. The molecule has 2 aliphatic heterocycles. The molecule has 0 atom stereocenters. The zero-order valence-electron chi connectivity index (χ0n) is 16.6. The summed E-state index contributed by atoms with van der Waals surface area (Å²) in [5.41, 5.74) is 1.15. The lowest BCUT2D eigenvalue weighted by atomic mass is 10.0. The van der Waals surface area contributed by atoms with Crippen LogP contribution in [0.2, 0.25) is 0 Å². The highest BCUT2D eigenvalue weighted by molar-refractivity contribution is 5.78. The minimum Gasteiger partial charge on any atom is -0.466 e. The van der Waals surface area contributed by atoms with Crippen LogP contribution in [-0.4, -0.2) is 73.7 Å². The molecule has 0 amide bonds. The van der Waals surface area contributed by atoms with Gasteiger partial charge in [0, 0.05) is 32.2 Å². The summed E-state index contributed by atoms with van der Waals surface area (Å²) in [6.07, 6.45) is 2.29. The van der Waals surface area contributed by atoms with Crippen molar-refractivity contribution in [3.05, 3.63) is 36.0 Å². The number of anilines is 1. The van der Waals surface area contributed by atoms with Gasteiger partial charge in [0.2, 0.25) is 0 Å². The van der Waals surface area contributed by atoms with Gasteiger partial charge in [-0.1, -0.05) is 18.2 Å². The van der Waals surface area contributed by atoms with Crippen LogP contribution in [0.4, 0.5) is 5.69 Å². The second kappa shape index (κ2) is 10.4. The first-order valence-electron chi connectivity index (χ1n) is 10.2. The first-order chi connectivity index (χ1) is 13.7. The number of rotatable bonds is 7. The number of hydrazine groups is 1. The number of piperidine rings is 1. The van der Waals surface area contributed by atoms with E-state index in [-0.39, 0.29) is 6.42 Å². The second-order valence-electron chi connectivity index (χ2n) is 7.15. The molecule has 0 aromatic heterocycles. The molecular formula is C21H30N4O3. The highest BCUT2D eigenvalue weighted by atomic mass is 16.5. The molecule has 0 bridgehead atoms. The van der Waals surface area contributed by atoms with Gasteiger partial charge in [-0.25, -0.2) is 9.80 Å².